The summed E-state index contributed by atoms with van der Waals surface area (Å²) in [6.07, 6.45) is 0. The van der Waals surface area contributed by atoms with E-state index in [9.17, 15) is 9.90 Å². The summed E-state index contributed by atoms with van der Waals surface area (Å²) in [6, 6.07) is 5.42. The first-order valence-corrected chi connectivity index (χ1v) is 6.49. The van der Waals surface area contributed by atoms with Gasteiger partial charge in [-0.3, -0.25) is 0 Å². The molecule has 0 radical (unpaired) electrons. The molecule has 1 aromatic carbocycles. The van der Waals surface area contributed by atoms with Gasteiger partial charge in [-0.25, -0.2) is 4.79 Å². The molecular formula is C13H19BrN2O2. The molecule has 1 aromatic rings. The zero-order valence-corrected chi connectivity index (χ0v) is 12.7. The van der Waals surface area contributed by atoms with E-state index in [0.717, 1.165) is 15.7 Å². The summed E-state index contributed by atoms with van der Waals surface area (Å²) >= 11 is 3.38. The Bertz CT molecular complexity index is 441. The van der Waals surface area contributed by atoms with Gasteiger partial charge in [-0.15, -0.1) is 0 Å². The minimum absolute atomic E-state index is 0.234. The molecule has 2 N–H and O–H groups in total. The maximum absolute atomic E-state index is 11.9. The maximum atomic E-state index is 11.9. The molecule has 0 unspecified atom stereocenters. The highest BCUT2D eigenvalue weighted by atomic mass is 79.9. The average Bonchev–Trinajstić information content (AvgIpc) is 2.19. The third kappa shape index (κ3) is 4.66. The standard InChI is InChI=1S/C13H19BrN2O2/c1-9-7-10(14)5-6-11(9)15-12(17)16(4)8-13(2,3)18/h5-7,18H,8H2,1-4H3,(H,15,17). The van der Waals surface area contributed by atoms with Gasteiger partial charge in [0.15, 0.2) is 0 Å². The van der Waals surface area contributed by atoms with Crippen LogP contribution in [-0.2, 0) is 0 Å². The molecule has 0 saturated heterocycles. The van der Waals surface area contributed by atoms with Crippen molar-refractivity contribution in [3.63, 3.8) is 0 Å². The van der Waals surface area contributed by atoms with Crippen LogP contribution in [0.5, 0.6) is 0 Å². The molecule has 0 aromatic heterocycles. The molecule has 1 rings (SSSR count). The Morgan fingerprint density at radius 3 is 2.61 bits per heavy atom. The lowest BCUT2D eigenvalue weighted by molar-refractivity contribution is 0.0550. The molecule has 0 aliphatic rings. The number of anilines is 1. The van der Waals surface area contributed by atoms with Gasteiger partial charge in [0, 0.05) is 17.2 Å². The number of hydrogen-bond acceptors (Lipinski definition) is 2. The Kier molecular flexibility index (Phi) is 4.76. The third-order valence-electron chi connectivity index (χ3n) is 2.40. The summed E-state index contributed by atoms with van der Waals surface area (Å²) in [7, 11) is 1.65. The zero-order chi connectivity index (χ0) is 13.9. The molecule has 0 aliphatic heterocycles. The van der Waals surface area contributed by atoms with Gasteiger partial charge in [-0.05, 0) is 44.5 Å². The van der Waals surface area contributed by atoms with Crippen molar-refractivity contribution < 1.29 is 9.90 Å². The van der Waals surface area contributed by atoms with Crippen molar-refractivity contribution in [2.75, 3.05) is 18.9 Å². The summed E-state index contributed by atoms with van der Waals surface area (Å²) in [5.74, 6) is 0. The van der Waals surface area contributed by atoms with Crippen molar-refractivity contribution in [2.24, 2.45) is 0 Å². The van der Waals surface area contributed by atoms with E-state index in [0.29, 0.717) is 0 Å². The van der Waals surface area contributed by atoms with Crippen LogP contribution in [0.25, 0.3) is 0 Å². The molecule has 0 aliphatic carbocycles. The number of urea groups is 1. The molecule has 0 saturated carbocycles. The number of rotatable bonds is 3. The Balaban J connectivity index is 2.70. The summed E-state index contributed by atoms with van der Waals surface area (Å²) in [5, 5.41) is 12.5. The number of carbonyl (C=O) groups excluding carboxylic acids is 1. The number of nitrogens with zero attached hydrogens (tertiary/aromatic N) is 1. The quantitative estimate of drug-likeness (QED) is 0.901. The largest absolute Gasteiger partial charge is 0.389 e. The number of likely N-dealkylation sites (N-methyl/N-ethyl adjacent to an activating group) is 1. The summed E-state index contributed by atoms with van der Waals surface area (Å²) in [4.78, 5) is 13.4. The Labute approximate surface area is 116 Å². The normalized spacial score (nSPS) is 11.2. The van der Waals surface area contributed by atoms with E-state index in [1.807, 2.05) is 25.1 Å². The van der Waals surface area contributed by atoms with Gasteiger partial charge < -0.3 is 15.3 Å². The van der Waals surface area contributed by atoms with Crippen LogP contribution in [0.4, 0.5) is 10.5 Å². The molecule has 4 nitrogen and oxygen atoms in total. The molecule has 100 valence electrons. The fraction of sp³-hybridized carbons (Fsp3) is 0.462. The van der Waals surface area contributed by atoms with E-state index in [2.05, 4.69) is 21.2 Å². The van der Waals surface area contributed by atoms with Gasteiger partial charge in [-0.2, -0.15) is 0 Å². The molecule has 0 fully saturated rings. The fourth-order valence-electron chi connectivity index (χ4n) is 1.63. The van der Waals surface area contributed by atoms with E-state index in [1.165, 1.54) is 4.90 Å². The number of nitrogens with one attached hydrogen (secondary N) is 1. The molecule has 0 spiro atoms. The number of carbonyl (C=O) groups is 1. The highest BCUT2D eigenvalue weighted by Crippen LogP contribution is 2.20. The fourth-order valence-corrected chi connectivity index (χ4v) is 2.11. The van der Waals surface area contributed by atoms with E-state index < -0.39 is 5.60 Å². The van der Waals surface area contributed by atoms with Gasteiger partial charge in [0.1, 0.15) is 0 Å². The number of aliphatic hydroxyl groups is 1. The molecule has 5 heteroatoms. The molecule has 0 bridgehead atoms. The molecular weight excluding hydrogens is 296 g/mol. The van der Waals surface area contributed by atoms with Gasteiger partial charge in [0.2, 0.25) is 0 Å². The van der Waals surface area contributed by atoms with Crippen LogP contribution in [0, 0.1) is 6.92 Å². The number of halogens is 1. The number of benzene rings is 1. The third-order valence-corrected chi connectivity index (χ3v) is 2.89. The number of amides is 2. The Morgan fingerprint density at radius 1 is 1.50 bits per heavy atom. The Hall–Kier alpha value is -1.07. The van der Waals surface area contributed by atoms with Gasteiger partial charge in [0.05, 0.1) is 12.1 Å². The van der Waals surface area contributed by atoms with Crippen LogP contribution in [0.2, 0.25) is 0 Å². The van der Waals surface area contributed by atoms with Crippen LogP contribution >= 0.6 is 15.9 Å². The van der Waals surface area contributed by atoms with Gasteiger partial charge >= 0.3 is 6.03 Å². The van der Waals surface area contributed by atoms with E-state index in [-0.39, 0.29) is 12.6 Å². The molecule has 0 atom stereocenters. The predicted molar refractivity (Wildman–Crippen MR) is 76.8 cm³/mol. The second-order valence-electron chi connectivity index (χ2n) is 5.06. The maximum Gasteiger partial charge on any atom is 0.321 e. The van der Waals surface area contributed by atoms with E-state index in [1.54, 1.807) is 20.9 Å². The molecule has 2 amide bonds. The first-order valence-electron chi connectivity index (χ1n) is 5.70. The lowest BCUT2D eigenvalue weighted by Gasteiger charge is -2.26. The average molecular weight is 315 g/mol. The van der Waals surface area contributed by atoms with Crippen molar-refractivity contribution in [1.82, 2.24) is 4.90 Å². The lowest BCUT2D eigenvalue weighted by Crippen LogP contribution is -2.41. The van der Waals surface area contributed by atoms with Crippen LogP contribution in [0.1, 0.15) is 19.4 Å². The van der Waals surface area contributed by atoms with Crippen LogP contribution in [0.15, 0.2) is 22.7 Å². The predicted octanol–water partition coefficient (Wildman–Crippen LogP) is 2.99. The first kappa shape index (κ1) is 15.0. The van der Waals surface area contributed by atoms with E-state index >= 15 is 0 Å². The zero-order valence-electron chi connectivity index (χ0n) is 11.1. The topological polar surface area (TPSA) is 52.6 Å². The smallest absolute Gasteiger partial charge is 0.321 e. The lowest BCUT2D eigenvalue weighted by atomic mass is 10.1. The van der Waals surface area contributed by atoms with Crippen LogP contribution < -0.4 is 5.32 Å². The SMILES string of the molecule is Cc1cc(Br)ccc1NC(=O)N(C)CC(C)(C)O. The minimum Gasteiger partial charge on any atom is -0.389 e. The van der Waals surface area contributed by atoms with Crippen molar-refractivity contribution in [3.8, 4) is 0 Å². The van der Waals surface area contributed by atoms with E-state index in [4.69, 9.17) is 0 Å². The van der Waals surface area contributed by atoms with Crippen molar-refractivity contribution in [2.45, 2.75) is 26.4 Å². The van der Waals surface area contributed by atoms with Crippen molar-refractivity contribution in [3.05, 3.63) is 28.2 Å². The van der Waals surface area contributed by atoms with Crippen molar-refractivity contribution in [1.29, 1.82) is 0 Å². The van der Waals surface area contributed by atoms with Crippen LogP contribution in [0.3, 0.4) is 0 Å². The Morgan fingerprint density at radius 2 is 2.11 bits per heavy atom. The van der Waals surface area contributed by atoms with Gasteiger partial charge in [-0.1, -0.05) is 15.9 Å². The monoisotopic (exact) mass is 314 g/mol. The van der Waals surface area contributed by atoms with Crippen molar-refractivity contribution >= 4 is 27.6 Å². The summed E-state index contributed by atoms with van der Waals surface area (Å²) in [5.41, 5.74) is 0.848. The second kappa shape index (κ2) is 5.71. The van der Waals surface area contributed by atoms with Gasteiger partial charge in [0.25, 0.3) is 0 Å². The summed E-state index contributed by atoms with van der Waals surface area (Å²) in [6.45, 7) is 5.54. The highest BCUT2D eigenvalue weighted by molar-refractivity contribution is 9.10. The molecule has 18 heavy (non-hydrogen) atoms. The number of hydrogen-bond donors (Lipinski definition) is 2. The second-order valence-corrected chi connectivity index (χ2v) is 5.97. The van der Waals surface area contributed by atoms with Crippen LogP contribution in [-0.4, -0.2) is 35.2 Å². The first-order chi connectivity index (χ1) is 8.19. The number of aryl methyl sites for hydroxylation is 1. The highest BCUT2D eigenvalue weighted by Gasteiger charge is 2.19. The minimum atomic E-state index is -0.902. The summed E-state index contributed by atoms with van der Waals surface area (Å²) < 4.78 is 0.975. The molecule has 0 heterocycles.